The van der Waals surface area contributed by atoms with Crippen LogP contribution in [0.25, 0.3) is 10.6 Å². The molecule has 0 aliphatic carbocycles. The Labute approximate surface area is 153 Å². The van der Waals surface area contributed by atoms with Gasteiger partial charge in [0.1, 0.15) is 16.5 Å². The van der Waals surface area contributed by atoms with Crippen LogP contribution < -0.4 is 15.8 Å². The maximum atomic E-state index is 12.2. The normalized spacial score (nSPS) is 11.1. The van der Waals surface area contributed by atoms with Gasteiger partial charge in [-0.3, -0.25) is 4.79 Å². The summed E-state index contributed by atoms with van der Waals surface area (Å²) in [7, 11) is 0. The van der Waals surface area contributed by atoms with Crippen molar-refractivity contribution in [2.45, 2.75) is 39.3 Å². The molecular weight excluding hydrogens is 346 g/mol. The lowest BCUT2D eigenvalue weighted by molar-refractivity contribution is 0.0911. The van der Waals surface area contributed by atoms with Gasteiger partial charge in [0.2, 0.25) is 0 Å². The molecule has 3 N–H and O–H groups in total. The third kappa shape index (κ3) is 5.47. The van der Waals surface area contributed by atoms with E-state index in [1.54, 1.807) is 5.38 Å². The highest BCUT2D eigenvalue weighted by Gasteiger charge is 2.21. The Morgan fingerprint density at radius 3 is 2.50 bits per heavy atom. The number of carbonyl (C=O) groups is 1. The van der Waals surface area contributed by atoms with Crippen LogP contribution in [0.15, 0.2) is 29.6 Å². The molecule has 0 atom stereocenters. The molecule has 1 aromatic heterocycles. The first-order valence-corrected chi connectivity index (χ1v) is 8.44. The van der Waals surface area contributed by atoms with Crippen LogP contribution in [0.1, 0.15) is 38.2 Å². The van der Waals surface area contributed by atoms with Crippen LogP contribution in [0.2, 0.25) is 0 Å². The molecule has 0 spiro atoms. The second kappa shape index (κ2) is 8.46. The Kier molecular flexibility index (Phi) is 7.20. The van der Waals surface area contributed by atoms with Crippen molar-refractivity contribution in [3.05, 3.63) is 35.3 Å². The minimum atomic E-state index is -0.448. The molecule has 0 radical (unpaired) electrons. The molecule has 7 heteroatoms. The molecule has 1 aromatic carbocycles. The van der Waals surface area contributed by atoms with E-state index in [9.17, 15) is 4.79 Å². The van der Waals surface area contributed by atoms with Gasteiger partial charge in [0.25, 0.3) is 5.91 Å². The zero-order valence-corrected chi connectivity index (χ0v) is 16.0. The number of thiazole rings is 1. The van der Waals surface area contributed by atoms with Crippen molar-refractivity contribution >= 4 is 29.7 Å². The van der Waals surface area contributed by atoms with E-state index in [0.29, 0.717) is 12.2 Å². The van der Waals surface area contributed by atoms with Crippen molar-refractivity contribution in [3.8, 4) is 16.3 Å². The summed E-state index contributed by atoms with van der Waals surface area (Å²) in [6.07, 6.45) is 0.141. The number of nitrogens with zero attached hydrogens (tertiary/aromatic N) is 1. The molecular formula is C17H24ClN3O2S. The molecule has 5 nitrogen and oxygen atoms in total. The quantitative estimate of drug-likeness (QED) is 0.817. The standard InChI is InChI=1S/C17H23N3O2S.ClH/c1-11(2)22-13-7-5-12(6-8-13)16-19-14(9-23-16)15(21)20-17(3,4)10-18;/h5-9,11H,10,18H2,1-4H3,(H,20,21);1H. The van der Waals surface area contributed by atoms with Crippen LogP contribution in [0, 0.1) is 0 Å². The van der Waals surface area contributed by atoms with Gasteiger partial charge < -0.3 is 15.8 Å². The highest BCUT2D eigenvalue weighted by atomic mass is 35.5. The van der Waals surface area contributed by atoms with Gasteiger partial charge in [0.05, 0.1) is 6.10 Å². The van der Waals surface area contributed by atoms with Gasteiger partial charge in [-0.15, -0.1) is 23.7 Å². The first-order valence-electron chi connectivity index (χ1n) is 7.56. The lowest BCUT2D eigenvalue weighted by atomic mass is 10.1. The lowest BCUT2D eigenvalue weighted by Gasteiger charge is -2.23. The predicted octanol–water partition coefficient (Wildman–Crippen LogP) is 3.49. The van der Waals surface area contributed by atoms with Gasteiger partial charge in [-0.25, -0.2) is 4.98 Å². The lowest BCUT2D eigenvalue weighted by Crippen LogP contribution is -2.48. The van der Waals surface area contributed by atoms with Crippen molar-refractivity contribution in [1.82, 2.24) is 10.3 Å². The Hall–Kier alpha value is -1.63. The van der Waals surface area contributed by atoms with Crippen LogP contribution in [-0.2, 0) is 0 Å². The zero-order chi connectivity index (χ0) is 17.0. The van der Waals surface area contributed by atoms with Crippen molar-refractivity contribution in [2.75, 3.05) is 6.54 Å². The Bertz CT molecular complexity index is 669. The van der Waals surface area contributed by atoms with Crippen LogP contribution in [0.4, 0.5) is 0 Å². The van der Waals surface area contributed by atoms with Gasteiger partial charge in [0.15, 0.2) is 0 Å². The summed E-state index contributed by atoms with van der Waals surface area (Å²) < 4.78 is 5.62. The SMILES string of the molecule is CC(C)Oc1ccc(-c2nc(C(=O)NC(C)(C)CN)cs2)cc1.Cl. The van der Waals surface area contributed by atoms with E-state index in [2.05, 4.69) is 10.3 Å². The maximum Gasteiger partial charge on any atom is 0.271 e. The number of nitrogens with two attached hydrogens (primary N) is 1. The number of nitrogens with one attached hydrogen (secondary N) is 1. The fraction of sp³-hybridized carbons (Fsp3) is 0.412. The fourth-order valence-corrected chi connectivity index (χ4v) is 2.69. The van der Waals surface area contributed by atoms with Crippen LogP contribution in [0.5, 0.6) is 5.75 Å². The summed E-state index contributed by atoms with van der Waals surface area (Å²) in [5.41, 5.74) is 6.56. The number of aromatic nitrogens is 1. The number of amides is 1. The Balaban J connectivity index is 0.00000288. The Morgan fingerprint density at radius 2 is 1.96 bits per heavy atom. The molecule has 0 saturated heterocycles. The topological polar surface area (TPSA) is 77.2 Å². The van der Waals surface area contributed by atoms with Crippen LogP contribution in [0.3, 0.4) is 0 Å². The van der Waals surface area contributed by atoms with E-state index in [4.69, 9.17) is 10.5 Å². The maximum absolute atomic E-state index is 12.2. The number of benzene rings is 1. The molecule has 0 saturated carbocycles. The molecule has 0 fully saturated rings. The largest absolute Gasteiger partial charge is 0.491 e. The van der Waals surface area contributed by atoms with Crippen molar-refractivity contribution < 1.29 is 9.53 Å². The smallest absolute Gasteiger partial charge is 0.271 e. The number of ether oxygens (including phenoxy) is 1. The molecule has 0 aliphatic heterocycles. The van der Waals surface area contributed by atoms with Gasteiger partial charge in [0, 0.05) is 23.0 Å². The summed E-state index contributed by atoms with van der Waals surface area (Å²) in [4.78, 5) is 16.6. The van der Waals surface area contributed by atoms with Crippen LogP contribution in [-0.4, -0.2) is 29.1 Å². The van der Waals surface area contributed by atoms with E-state index in [1.165, 1.54) is 11.3 Å². The van der Waals surface area contributed by atoms with Crippen molar-refractivity contribution in [3.63, 3.8) is 0 Å². The van der Waals surface area contributed by atoms with Gasteiger partial charge >= 0.3 is 0 Å². The number of carbonyl (C=O) groups excluding carboxylic acids is 1. The molecule has 0 bridgehead atoms. The number of rotatable bonds is 6. The second-order valence-electron chi connectivity index (χ2n) is 6.27. The first-order chi connectivity index (χ1) is 10.8. The van der Waals surface area contributed by atoms with Crippen LogP contribution >= 0.6 is 23.7 Å². The van der Waals surface area contributed by atoms with Gasteiger partial charge in [-0.2, -0.15) is 0 Å². The Morgan fingerprint density at radius 1 is 1.33 bits per heavy atom. The summed E-state index contributed by atoms with van der Waals surface area (Å²) in [6.45, 7) is 8.11. The van der Waals surface area contributed by atoms with E-state index in [-0.39, 0.29) is 24.4 Å². The molecule has 1 heterocycles. The zero-order valence-electron chi connectivity index (χ0n) is 14.3. The van der Waals surface area contributed by atoms with E-state index >= 15 is 0 Å². The number of hydrogen-bond acceptors (Lipinski definition) is 5. The van der Waals surface area contributed by atoms with E-state index in [0.717, 1.165) is 16.3 Å². The highest BCUT2D eigenvalue weighted by molar-refractivity contribution is 7.13. The second-order valence-corrected chi connectivity index (χ2v) is 7.13. The molecule has 2 rings (SSSR count). The minimum Gasteiger partial charge on any atom is -0.491 e. The summed E-state index contributed by atoms with van der Waals surface area (Å²) >= 11 is 1.44. The molecule has 0 unspecified atom stereocenters. The summed E-state index contributed by atoms with van der Waals surface area (Å²) in [6, 6.07) is 7.71. The molecule has 24 heavy (non-hydrogen) atoms. The third-order valence-electron chi connectivity index (χ3n) is 3.17. The predicted molar refractivity (Wildman–Crippen MR) is 101 cm³/mol. The summed E-state index contributed by atoms with van der Waals surface area (Å²) in [5, 5.41) is 5.44. The third-order valence-corrected chi connectivity index (χ3v) is 4.06. The minimum absolute atomic E-state index is 0. The van der Waals surface area contributed by atoms with Gasteiger partial charge in [-0.05, 0) is 52.0 Å². The monoisotopic (exact) mass is 369 g/mol. The van der Waals surface area contributed by atoms with Gasteiger partial charge in [-0.1, -0.05) is 0 Å². The highest BCUT2D eigenvalue weighted by Crippen LogP contribution is 2.26. The molecule has 0 aliphatic rings. The number of hydrogen-bond donors (Lipinski definition) is 2. The molecule has 132 valence electrons. The average molecular weight is 370 g/mol. The van der Waals surface area contributed by atoms with Crippen molar-refractivity contribution in [2.24, 2.45) is 5.73 Å². The van der Waals surface area contributed by atoms with E-state index in [1.807, 2.05) is 52.0 Å². The summed E-state index contributed by atoms with van der Waals surface area (Å²) in [5.74, 6) is 0.616. The average Bonchev–Trinajstić information content (AvgIpc) is 2.97. The fourth-order valence-electron chi connectivity index (χ4n) is 1.88. The molecule has 2 aromatic rings. The van der Waals surface area contributed by atoms with Crippen molar-refractivity contribution in [1.29, 1.82) is 0 Å². The number of halogens is 1. The molecule has 1 amide bonds. The first kappa shape index (κ1) is 20.4. The van der Waals surface area contributed by atoms with E-state index < -0.39 is 5.54 Å².